The summed E-state index contributed by atoms with van der Waals surface area (Å²) in [5.74, 6) is -0.591. The molecule has 1 aromatic rings. The second kappa shape index (κ2) is 7.43. The smallest absolute Gasteiger partial charge is 0.255 e. The number of benzene rings is 1. The van der Waals surface area contributed by atoms with Gasteiger partial charge in [0.25, 0.3) is 5.91 Å². The monoisotopic (exact) mass is 312 g/mol. The standard InChI is InChI=1S/C15H21ClN2O3/c1-9(2)14(20)17-11-5-6-13(16)12(7-11)15(21)18(4)10(3)8-19/h5-7,9-10,19H,8H2,1-4H3,(H,17,20). The van der Waals surface area contributed by atoms with Gasteiger partial charge in [0.2, 0.25) is 5.91 Å². The van der Waals surface area contributed by atoms with Crippen molar-refractivity contribution in [3.05, 3.63) is 28.8 Å². The molecule has 6 heteroatoms. The number of nitrogens with one attached hydrogen (secondary N) is 1. The summed E-state index contributed by atoms with van der Waals surface area (Å²) in [5, 5.41) is 12.2. The van der Waals surface area contributed by atoms with Gasteiger partial charge in [-0.05, 0) is 25.1 Å². The predicted molar refractivity (Wildman–Crippen MR) is 83.6 cm³/mol. The first-order chi connectivity index (χ1) is 9.77. The Hall–Kier alpha value is -1.59. The van der Waals surface area contributed by atoms with E-state index >= 15 is 0 Å². The van der Waals surface area contributed by atoms with Crippen molar-refractivity contribution >= 4 is 29.1 Å². The van der Waals surface area contributed by atoms with Gasteiger partial charge in [0.15, 0.2) is 0 Å². The Kier molecular flexibility index (Phi) is 6.18. The highest BCUT2D eigenvalue weighted by Crippen LogP contribution is 2.23. The maximum absolute atomic E-state index is 12.4. The molecule has 21 heavy (non-hydrogen) atoms. The molecule has 1 rings (SSSR count). The number of hydrogen-bond acceptors (Lipinski definition) is 3. The molecule has 0 saturated heterocycles. The summed E-state index contributed by atoms with van der Waals surface area (Å²) in [7, 11) is 1.60. The van der Waals surface area contributed by atoms with Crippen molar-refractivity contribution in [1.29, 1.82) is 0 Å². The Morgan fingerprint density at radius 3 is 2.48 bits per heavy atom. The van der Waals surface area contributed by atoms with Gasteiger partial charge >= 0.3 is 0 Å². The fourth-order valence-electron chi connectivity index (χ4n) is 1.57. The first-order valence-electron chi connectivity index (χ1n) is 6.76. The Morgan fingerprint density at radius 2 is 1.95 bits per heavy atom. The lowest BCUT2D eigenvalue weighted by Crippen LogP contribution is -2.37. The summed E-state index contributed by atoms with van der Waals surface area (Å²) < 4.78 is 0. The van der Waals surface area contributed by atoms with Crippen molar-refractivity contribution in [3.63, 3.8) is 0 Å². The number of hydrogen-bond donors (Lipinski definition) is 2. The minimum Gasteiger partial charge on any atom is -0.394 e. The van der Waals surface area contributed by atoms with Crippen LogP contribution in [-0.4, -0.2) is 41.5 Å². The summed E-state index contributed by atoms with van der Waals surface area (Å²) in [6.07, 6.45) is 0. The van der Waals surface area contributed by atoms with Crippen LogP contribution in [0.1, 0.15) is 31.1 Å². The van der Waals surface area contributed by atoms with Crippen molar-refractivity contribution in [2.45, 2.75) is 26.8 Å². The second-order valence-corrected chi connectivity index (χ2v) is 5.69. The van der Waals surface area contributed by atoms with Crippen LogP contribution < -0.4 is 5.32 Å². The molecule has 0 spiro atoms. The predicted octanol–water partition coefficient (Wildman–Crippen LogP) is 2.39. The molecule has 0 aliphatic heterocycles. The molecule has 0 saturated carbocycles. The van der Waals surface area contributed by atoms with Crippen molar-refractivity contribution in [2.75, 3.05) is 19.0 Å². The number of nitrogens with zero attached hydrogens (tertiary/aromatic N) is 1. The summed E-state index contributed by atoms with van der Waals surface area (Å²) in [5.41, 5.74) is 0.813. The van der Waals surface area contributed by atoms with Crippen LogP contribution >= 0.6 is 11.6 Å². The van der Waals surface area contributed by atoms with E-state index in [-0.39, 0.29) is 30.4 Å². The molecule has 0 aliphatic rings. The normalized spacial score (nSPS) is 12.1. The highest BCUT2D eigenvalue weighted by molar-refractivity contribution is 6.34. The fourth-order valence-corrected chi connectivity index (χ4v) is 1.76. The van der Waals surface area contributed by atoms with Crippen molar-refractivity contribution in [1.82, 2.24) is 4.90 Å². The Bertz CT molecular complexity index is 532. The van der Waals surface area contributed by atoms with E-state index in [0.717, 1.165) is 0 Å². The molecule has 1 atom stereocenters. The number of aliphatic hydroxyl groups is 1. The topological polar surface area (TPSA) is 69.6 Å². The molecule has 2 amide bonds. The third kappa shape index (κ3) is 4.44. The molecule has 0 bridgehead atoms. The minimum atomic E-state index is -0.317. The third-order valence-electron chi connectivity index (χ3n) is 3.23. The SMILES string of the molecule is CC(C)C(=O)Nc1ccc(Cl)c(C(=O)N(C)C(C)CO)c1. The largest absolute Gasteiger partial charge is 0.394 e. The van der Waals surface area contributed by atoms with E-state index < -0.39 is 0 Å². The average Bonchev–Trinajstić information content (AvgIpc) is 2.46. The highest BCUT2D eigenvalue weighted by Gasteiger charge is 2.20. The fraction of sp³-hybridized carbons (Fsp3) is 0.467. The minimum absolute atomic E-state index is 0.132. The quantitative estimate of drug-likeness (QED) is 0.877. The third-order valence-corrected chi connectivity index (χ3v) is 3.56. The number of anilines is 1. The van der Waals surface area contributed by atoms with Crippen LogP contribution in [0.25, 0.3) is 0 Å². The Morgan fingerprint density at radius 1 is 1.33 bits per heavy atom. The average molecular weight is 313 g/mol. The van der Waals surface area contributed by atoms with Crippen LogP contribution in [-0.2, 0) is 4.79 Å². The van der Waals surface area contributed by atoms with Gasteiger partial charge in [0, 0.05) is 18.7 Å². The van der Waals surface area contributed by atoms with Crippen LogP contribution in [0, 0.1) is 5.92 Å². The maximum Gasteiger partial charge on any atom is 0.255 e. The lowest BCUT2D eigenvalue weighted by molar-refractivity contribution is -0.118. The van der Waals surface area contributed by atoms with Crippen molar-refractivity contribution in [2.24, 2.45) is 5.92 Å². The lowest BCUT2D eigenvalue weighted by atomic mass is 10.1. The van der Waals surface area contributed by atoms with E-state index in [1.54, 1.807) is 46.0 Å². The molecule has 0 aliphatic carbocycles. The van der Waals surface area contributed by atoms with Crippen LogP contribution in [0.3, 0.4) is 0 Å². The molecule has 5 nitrogen and oxygen atoms in total. The Labute approximate surface area is 129 Å². The number of carbonyl (C=O) groups is 2. The van der Waals surface area contributed by atoms with E-state index in [0.29, 0.717) is 16.3 Å². The number of aliphatic hydroxyl groups excluding tert-OH is 1. The Balaban J connectivity index is 3.02. The van der Waals surface area contributed by atoms with E-state index in [2.05, 4.69) is 5.32 Å². The van der Waals surface area contributed by atoms with Crippen LogP contribution in [0.15, 0.2) is 18.2 Å². The molecule has 0 aromatic heterocycles. The molecule has 0 heterocycles. The van der Waals surface area contributed by atoms with E-state index in [1.165, 1.54) is 4.90 Å². The molecule has 116 valence electrons. The molecular formula is C15H21ClN2O3. The van der Waals surface area contributed by atoms with Crippen LogP contribution in [0.5, 0.6) is 0 Å². The van der Waals surface area contributed by atoms with Crippen LogP contribution in [0.4, 0.5) is 5.69 Å². The molecule has 2 N–H and O–H groups in total. The van der Waals surface area contributed by atoms with Gasteiger partial charge in [-0.2, -0.15) is 0 Å². The number of amides is 2. The first kappa shape index (κ1) is 17.5. The van der Waals surface area contributed by atoms with E-state index in [4.69, 9.17) is 16.7 Å². The van der Waals surface area contributed by atoms with Gasteiger partial charge in [-0.1, -0.05) is 25.4 Å². The van der Waals surface area contributed by atoms with Crippen LogP contribution in [0.2, 0.25) is 5.02 Å². The van der Waals surface area contributed by atoms with E-state index in [9.17, 15) is 9.59 Å². The molecule has 0 fully saturated rings. The number of likely N-dealkylation sites (N-methyl/N-ethyl adjacent to an activating group) is 1. The summed E-state index contributed by atoms with van der Waals surface area (Å²) in [6, 6.07) is 4.45. The summed E-state index contributed by atoms with van der Waals surface area (Å²) in [6.45, 7) is 5.17. The summed E-state index contributed by atoms with van der Waals surface area (Å²) in [4.78, 5) is 25.5. The first-order valence-corrected chi connectivity index (χ1v) is 7.14. The highest BCUT2D eigenvalue weighted by atomic mass is 35.5. The maximum atomic E-state index is 12.4. The van der Waals surface area contributed by atoms with Gasteiger partial charge < -0.3 is 15.3 Å². The second-order valence-electron chi connectivity index (χ2n) is 5.29. The number of halogens is 1. The van der Waals surface area contributed by atoms with Gasteiger partial charge in [-0.15, -0.1) is 0 Å². The zero-order chi connectivity index (χ0) is 16.2. The van der Waals surface area contributed by atoms with Gasteiger partial charge in [-0.25, -0.2) is 0 Å². The zero-order valence-corrected chi connectivity index (χ0v) is 13.4. The number of rotatable bonds is 5. The van der Waals surface area contributed by atoms with Gasteiger partial charge in [0.1, 0.15) is 0 Å². The zero-order valence-electron chi connectivity index (χ0n) is 12.7. The van der Waals surface area contributed by atoms with Crippen molar-refractivity contribution < 1.29 is 14.7 Å². The van der Waals surface area contributed by atoms with Gasteiger partial charge in [0.05, 0.1) is 23.2 Å². The summed E-state index contributed by atoms with van der Waals surface area (Å²) >= 11 is 6.06. The molecule has 1 unspecified atom stereocenters. The van der Waals surface area contributed by atoms with E-state index in [1.807, 2.05) is 0 Å². The van der Waals surface area contributed by atoms with Crippen molar-refractivity contribution in [3.8, 4) is 0 Å². The molecule has 0 radical (unpaired) electrons. The molecular weight excluding hydrogens is 292 g/mol. The lowest BCUT2D eigenvalue weighted by Gasteiger charge is -2.24. The number of carbonyl (C=O) groups excluding carboxylic acids is 2. The molecule has 1 aromatic carbocycles. The van der Waals surface area contributed by atoms with Gasteiger partial charge in [-0.3, -0.25) is 9.59 Å².